The molecule has 0 atom stereocenters. The lowest BCUT2D eigenvalue weighted by Gasteiger charge is -2.19. The average Bonchev–Trinajstić information content (AvgIpc) is 2.78. The van der Waals surface area contributed by atoms with Crippen molar-refractivity contribution in [3.8, 4) is 0 Å². The molecule has 1 aromatic heterocycles. The maximum absolute atomic E-state index is 11.8. The monoisotopic (exact) mass is 311 g/mol. The summed E-state index contributed by atoms with van der Waals surface area (Å²) >= 11 is 7.64. The smallest absolute Gasteiger partial charge is 0.225 e. The van der Waals surface area contributed by atoms with Crippen LogP contribution in [0, 0.1) is 0 Å². The highest BCUT2D eigenvalue weighted by Gasteiger charge is 2.16. The number of benzene rings is 1. The Labute approximate surface area is 128 Å². The van der Waals surface area contributed by atoms with Crippen LogP contribution < -0.4 is 4.90 Å². The second kappa shape index (κ2) is 6.52. The molecule has 2 rings (SSSR count). The van der Waals surface area contributed by atoms with Gasteiger partial charge in [-0.05, 0) is 39.2 Å². The largest absolute Gasteiger partial charge is 0.309 e. The molecule has 1 amide bonds. The van der Waals surface area contributed by atoms with Gasteiger partial charge in [-0.1, -0.05) is 29.0 Å². The molecule has 0 saturated carbocycles. The molecule has 0 spiro atoms. The van der Waals surface area contributed by atoms with Crippen LogP contribution in [0.5, 0.6) is 0 Å². The van der Waals surface area contributed by atoms with Crippen molar-refractivity contribution in [1.29, 1.82) is 0 Å². The third-order valence-electron chi connectivity index (χ3n) is 2.96. The van der Waals surface area contributed by atoms with Crippen molar-refractivity contribution in [1.82, 2.24) is 9.88 Å². The molecule has 1 aromatic carbocycles. The van der Waals surface area contributed by atoms with E-state index >= 15 is 0 Å². The first-order valence-electron chi connectivity index (χ1n) is 6.47. The maximum atomic E-state index is 11.8. The molecular weight excluding hydrogens is 294 g/mol. The molecule has 0 aliphatic carbocycles. The Hall–Kier alpha value is -1.17. The predicted octanol–water partition coefficient (Wildman–Crippen LogP) is 3.25. The number of rotatable bonds is 5. The number of nitrogens with zero attached hydrogens (tertiary/aromatic N) is 3. The van der Waals surface area contributed by atoms with Crippen molar-refractivity contribution in [2.45, 2.75) is 13.3 Å². The van der Waals surface area contributed by atoms with E-state index in [1.54, 1.807) is 11.8 Å². The highest BCUT2D eigenvalue weighted by atomic mass is 35.5. The van der Waals surface area contributed by atoms with Crippen LogP contribution in [-0.2, 0) is 4.79 Å². The topological polar surface area (TPSA) is 36.4 Å². The van der Waals surface area contributed by atoms with Crippen LogP contribution in [0.2, 0.25) is 5.02 Å². The summed E-state index contributed by atoms with van der Waals surface area (Å²) in [6, 6.07) is 5.69. The van der Waals surface area contributed by atoms with E-state index < -0.39 is 0 Å². The fourth-order valence-corrected chi connectivity index (χ4v) is 3.29. The third kappa shape index (κ3) is 3.48. The van der Waals surface area contributed by atoms with Gasteiger partial charge < -0.3 is 4.90 Å². The number of carbonyl (C=O) groups excluding carboxylic acids is 1. The molecule has 4 nitrogen and oxygen atoms in total. The standard InChI is InChI=1S/C14H18ClN3OS/c1-10(19)18(9-5-8-17(2)3)14-16-13-11(15)6-4-7-12(13)20-14/h4,6-7H,5,8-9H2,1-3H3. The number of hydrogen-bond donors (Lipinski definition) is 0. The summed E-state index contributed by atoms with van der Waals surface area (Å²) in [7, 11) is 4.05. The molecule has 0 aliphatic rings. The Balaban J connectivity index is 2.23. The lowest BCUT2D eigenvalue weighted by molar-refractivity contribution is -0.116. The van der Waals surface area contributed by atoms with E-state index in [-0.39, 0.29) is 5.91 Å². The summed E-state index contributed by atoms with van der Waals surface area (Å²) in [5.41, 5.74) is 0.771. The first-order valence-corrected chi connectivity index (χ1v) is 7.66. The van der Waals surface area contributed by atoms with Crippen LogP contribution in [0.15, 0.2) is 18.2 Å². The summed E-state index contributed by atoms with van der Waals surface area (Å²) < 4.78 is 1.01. The Kier molecular flexibility index (Phi) is 4.96. The van der Waals surface area contributed by atoms with E-state index in [2.05, 4.69) is 9.88 Å². The highest BCUT2D eigenvalue weighted by Crippen LogP contribution is 2.32. The number of thiazole rings is 1. The van der Waals surface area contributed by atoms with Gasteiger partial charge in [0.25, 0.3) is 0 Å². The van der Waals surface area contributed by atoms with E-state index in [0.29, 0.717) is 11.6 Å². The second-order valence-corrected chi connectivity index (χ2v) is 6.33. The van der Waals surface area contributed by atoms with E-state index in [9.17, 15) is 4.79 Å². The van der Waals surface area contributed by atoms with Gasteiger partial charge in [0.15, 0.2) is 5.13 Å². The zero-order valence-corrected chi connectivity index (χ0v) is 13.5. The lowest BCUT2D eigenvalue weighted by atomic mass is 10.3. The molecule has 2 aromatic rings. The Morgan fingerprint density at radius 1 is 1.35 bits per heavy atom. The highest BCUT2D eigenvalue weighted by molar-refractivity contribution is 7.22. The zero-order valence-electron chi connectivity index (χ0n) is 11.9. The van der Waals surface area contributed by atoms with Crippen LogP contribution in [0.4, 0.5) is 5.13 Å². The van der Waals surface area contributed by atoms with Gasteiger partial charge in [-0.15, -0.1) is 0 Å². The molecule has 1 heterocycles. The molecule has 108 valence electrons. The van der Waals surface area contributed by atoms with Crippen LogP contribution in [0.3, 0.4) is 0 Å². The molecule has 0 fully saturated rings. The maximum Gasteiger partial charge on any atom is 0.225 e. The van der Waals surface area contributed by atoms with Crippen molar-refractivity contribution < 1.29 is 4.79 Å². The summed E-state index contributed by atoms with van der Waals surface area (Å²) in [5, 5.41) is 1.35. The summed E-state index contributed by atoms with van der Waals surface area (Å²) in [6.07, 6.45) is 0.913. The summed E-state index contributed by atoms with van der Waals surface area (Å²) in [6.45, 7) is 3.18. The van der Waals surface area contributed by atoms with E-state index in [1.165, 1.54) is 11.3 Å². The summed E-state index contributed by atoms with van der Waals surface area (Å²) in [4.78, 5) is 20.2. The molecule has 0 N–H and O–H groups in total. The number of halogens is 1. The van der Waals surface area contributed by atoms with E-state index in [4.69, 9.17) is 11.6 Å². The fraction of sp³-hybridized carbons (Fsp3) is 0.429. The van der Waals surface area contributed by atoms with Crippen LogP contribution in [0.25, 0.3) is 10.2 Å². The van der Waals surface area contributed by atoms with Gasteiger partial charge >= 0.3 is 0 Å². The van der Waals surface area contributed by atoms with E-state index in [0.717, 1.165) is 28.3 Å². The van der Waals surface area contributed by atoms with Gasteiger partial charge in [0, 0.05) is 13.5 Å². The molecule has 0 aliphatic heterocycles. The van der Waals surface area contributed by atoms with E-state index in [1.807, 2.05) is 32.3 Å². The first kappa shape index (κ1) is 15.2. The number of carbonyl (C=O) groups is 1. The van der Waals surface area contributed by atoms with Gasteiger partial charge in [-0.25, -0.2) is 4.98 Å². The Bertz CT molecular complexity index is 611. The van der Waals surface area contributed by atoms with Gasteiger partial charge in [-0.3, -0.25) is 9.69 Å². The van der Waals surface area contributed by atoms with Crippen molar-refractivity contribution in [3.05, 3.63) is 23.2 Å². The average molecular weight is 312 g/mol. The Morgan fingerprint density at radius 2 is 2.10 bits per heavy atom. The number of fused-ring (bicyclic) bond motifs is 1. The fourth-order valence-electron chi connectivity index (χ4n) is 1.95. The first-order chi connectivity index (χ1) is 9.49. The molecule has 0 bridgehead atoms. The minimum Gasteiger partial charge on any atom is -0.309 e. The predicted molar refractivity (Wildman–Crippen MR) is 85.8 cm³/mol. The third-order valence-corrected chi connectivity index (χ3v) is 4.31. The SMILES string of the molecule is CC(=O)N(CCCN(C)C)c1nc2c(Cl)cccc2s1. The zero-order chi connectivity index (χ0) is 14.7. The molecule has 0 unspecified atom stereocenters. The van der Waals surface area contributed by atoms with Crippen molar-refractivity contribution >= 4 is 44.2 Å². The van der Waals surface area contributed by atoms with Crippen LogP contribution in [-0.4, -0.2) is 43.0 Å². The lowest BCUT2D eigenvalue weighted by Crippen LogP contribution is -2.31. The van der Waals surface area contributed by atoms with Gasteiger partial charge in [0.05, 0.1) is 9.72 Å². The normalized spacial score (nSPS) is 11.2. The molecule has 0 saturated heterocycles. The molecule has 20 heavy (non-hydrogen) atoms. The van der Waals surface area contributed by atoms with Gasteiger partial charge in [-0.2, -0.15) is 0 Å². The summed E-state index contributed by atoms with van der Waals surface area (Å²) in [5.74, 6) is 0.0129. The number of anilines is 1. The van der Waals surface area contributed by atoms with Crippen LogP contribution in [0.1, 0.15) is 13.3 Å². The Morgan fingerprint density at radius 3 is 2.70 bits per heavy atom. The van der Waals surface area contributed by atoms with Gasteiger partial charge in [0.1, 0.15) is 5.52 Å². The number of aromatic nitrogens is 1. The molecule has 0 radical (unpaired) electrons. The number of hydrogen-bond acceptors (Lipinski definition) is 4. The molecular formula is C14H18ClN3OS. The second-order valence-electron chi connectivity index (χ2n) is 4.91. The van der Waals surface area contributed by atoms with Crippen molar-refractivity contribution in [2.24, 2.45) is 0 Å². The minimum atomic E-state index is 0.0129. The molecule has 6 heteroatoms. The minimum absolute atomic E-state index is 0.0129. The van der Waals surface area contributed by atoms with Crippen molar-refractivity contribution in [3.63, 3.8) is 0 Å². The number of para-hydroxylation sites is 1. The van der Waals surface area contributed by atoms with Gasteiger partial charge in [0.2, 0.25) is 5.91 Å². The quantitative estimate of drug-likeness (QED) is 0.850. The number of amides is 1. The van der Waals surface area contributed by atoms with Crippen LogP contribution >= 0.6 is 22.9 Å². The van der Waals surface area contributed by atoms with Crippen molar-refractivity contribution in [2.75, 3.05) is 32.1 Å².